The molecule has 1 aliphatic heterocycles. The van der Waals surface area contributed by atoms with Crippen LogP contribution in [-0.4, -0.2) is 98.4 Å². The molecule has 2 aromatic carbocycles. The Hall–Kier alpha value is -3.66. The van der Waals surface area contributed by atoms with Crippen LogP contribution in [0.2, 0.25) is 0 Å². The van der Waals surface area contributed by atoms with Crippen LogP contribution < -0.4 is 5.32 Å². The average Bonchev–Trinajstić information content (AvgIpc) is 3.69. The van der Waals surface area contributed by atoms with Crippen LogP contribution in [0.1, 0.15) is 98.1 Å². The normalized spacial score (nSPS) is 18.9. The number of amides is 2. The van der Waals surface area contributed by atoms with Crippen molar-refractivity contribution in [3.63, 3.8) is 0 Å². The molecule has 2 amide bonds. The number of benzene rings is 2. The van der Waals surface area contributed by atoms with E-state index in [1.807, 2.05) is 75.9 Å². The van der Waals surface area contributed by atoms with E-state index in [0.717, 1.165) is 31.2 Å². The molecule has 1 saturated heterocycles. The second kappa shape index (κ2) is 23.7. The van der Waals surface area contributed by atoms with E-state index in [1.165, 1.54) is 5.56 Å². The third kappa shape index (κ3) is 13.4. The maximum absolute atomic E-state index is 14.3. The van der Waals surface area contributed by atoms with E-state index in [4.69, 9.17) is 9.47 Å². The van der Waals surface area contributed by atoms with Gasteiger partial charge in [-0.1, -0.05) is 128 Å². The summed E-state index contributed by atoms with van der Waals surface area (Å²) in [6.45, 7) is 14.6. The lowest BCUT2D eigenvalue weighted by Crippen LogP contribution is -2.54. The molecule has 2 aromatic rings. The van der Waals surface area contributed by atoms with Crippen molar-refractivity contribution in [3.8, 4) is 0 Å². The molecule has 316 valence electrons. The first-order valence-electron chi connectivity index (χ1n) is 21.3. The van der Waals surface area contributed by atoms with E-state index >= 15 is 0 Å². The van der Waals surface area contributed by atoms with Crippen molar-refractivity contribution >= 4 is 29.5 Å². The van der Waals surface area contributed by atoms with Crippen LogP contribution in [0.5, 0.6) is 0 Å². The maximum atomic E-state index is 14.3. The van der Waals surface area contributed by atoms with E-state index < -0.39 is 24.0 Å². The van der Waals surface area contributed by atoms with Crippen molar-refractivity contribution in [2.45, 2.75) is 124 Å². The number of hydrogen-bond donors (Lipinski definition) is 1. The molecular formula is C48H73N3O6. The smallest absolute Gasteiger partial charge is 0.226 e. The Morgan fingerprint density at radius 3 is 2.04 bits per heavy atom. The van der Waals surface area contributed by atoms with Gasteiger partial charge in [0, 0.05) is 52.5 Å². The van der Waals surface area contributed by atoms with E-state index in [9.17, 15) is 19.2 Å². The molecule has 9 nitrogen and oxygen atoms in total. The lowest BCUT2D eigenvalue weighted by molar-refractivity contribution is -0.149. The highest BCUT2D eigenvalue weighted by atomic mass is 16.5. The van der Waals surface area contributed by atoms with Crippen molar-refractivity contribution in [3.05, 3.63) is 77.9 Å². The van der Waals surface area contributed by atoms with E-state index in [0.29, 0.717) is 13.0 Å². The number of methoxy groups -OCH3 is 2. The Morgan fingerprint density at radius 1 is 0.860 bits per heavy atom. The van der Waals surface area contributed by atoms with Gasteiger partial charge in [-0.2, -0.15) is 0 Å². The second-order valence-corrected chi connectivity index (χ2v) is 17.0. The Bertz CT molecular complexity index is 1560. The minimum atomic E-state index is -0.568. The highest BCUT2D eigenvalue weighted by molar-refractivity contribution is 5.90. The second-order valence-electron chi connectivity index (χ2n) is 17.0. The Kier molecular flexibility index (Phi) is 19.8. The molecule has 0 aromatic heterocycles. The molecule has 9 heteroatoms. The number of likely N-dealkylation sites (N-methyl/N-ethyl adjacent to an activating group) is 2. The van der Waals surface area contributed by atoms with Gasteiger partial charge in [0.05, 0.1) is 36.8 Å². The van der Waals surface area contributed by atoms with Gasteiger partial charge in [0.15, 0.2) is 5.78 Å². The maximum Gasteiger partial charge on any atom is 0.226 e. The number of nitrogens with zero attached hydrogens (tertiary/aromatic N) is 2. The third-order valence-corrected chi connectivity index (χ3v) is 12.4. The van der Waals surface area contributed by atoms with Crippen molar-refractivity contribution in [2.75, 3.05) is 34.9 Å². The summed E-state index contributed by atoms with van der Waals surface area (Å²) in [7, 11) is 6.82. The van der Waals surface area contributed by atoms with Crippen molar-refractivity contribution in [2.24, 2.45) is 35.5 Å². The number of allylic oxidation sites excluding steroid dienone is 1. The molecule has 0 unspecified atom stereocenters. The number of hydrogen-bond acceptors (Lipinski definition) is 7. The quantitative estimate of drug-likeness (QED) is 0.115. The molecule has 9 atom stereocenters. The molecule has 57 heavy (non-hydrogen) atoms. The summed E-state index contributed by atoms with van der Waals surface area (Å²) in [5, 5.41) is 3.13. The minimum Gasteiger partial charge on any atom is -0.379 e. The average molecular weight is 788 g/mol. The molecule has 0 radical (unpaired) electrons. The first kappa shape index (κ1) is 47.7. The first-order valence-corrected chi connectivity index (χ1v) is 21.3. The van der Waals surface area contributed by atoms with Crippen LogP contribution in [0.3, 0.4) is 0 Å². The molecule has 1 fully saturated rings. The van der Waals surface area contributed by atoms with Gasteiger partial charge in [-0.3, -0.25) is 19.2 Å². The molecule has 0 bridgehead atoms. The van der Waals surface area contributed by atoms with Crippen LogP contribution in [0.15, 0.2) is 66.7 Å². The fourth-order valence-electron chi connectivity index (χ4n) is 8.80. The predicted octanol–water partition coefficient (Wildman–Crippen LogP) is 7.91. The van der Waals surface area contributed by atoms with Crippen LogP contribution in [-0.2, 0) is 35.1 Å². The van der Waals surface area contributed by atoms with Crippen LogP contribution >= 0.6 is 0 Å². The summed E-state index contributed by atoms with van der Waals surface area (Å²) in [5.41, 5.74) is 2.26. The molecule has 0 spiro atoms. The number of ether oxygens (including phenoxy) is 2. The van der Waals surface area contributed by atoms with Crippen molar-refractivity contribution in [1.82, 2.24) is 15.1 Å². The zero-order valence-electron chi connectivity index (χ0n) is 36.8. The van der Waals surface area contributed by atoms with Crippen LogP contribution in [0.4, 0.5) is 0 Å². The lowest BCUT2D eigenvalue weighted by atomic mass is 9.84. The molecule has 0 saturated carbocycles. The monoisotopic (exact) mass is 788 g/mol. The Labute approximate surface area is 344 Å². The fraction of sp³-hybridized carbons (Fsp3) is 0.625. The van der Waals surface area contributed by atoms with Gasteiger partial charge in [-0.05, 0) is 61.1 Å². The number of carbonyl (C=O) groups excluding carboxylic acids is 4. The molecular weight excluding hydrogens is 715 g/mol. The minimum absolute atomic E-state index is 0.00520. The van der Waals surface area contributed by atoms with Gasteiger partial charge in [-0.15, -0.1) is 0 Å². The van der Waals surface area contributed by atoms with Gasteiger partial charge in [0.2, 0.25) is 11.8 Å². The Balaban J connectivity index is 1.79. The molecule has 0 aliphatic carbocycles. The highest BCUT2D eigenvalue weighted by Crippen LogP contribution is 2.32. The van der Waals surface area contributed by atoms with Crippen LogP contribution in [0.25, 0.3) is 6.08 Å². The fourth-order valence-corrected chi connectivity index (χ4v) is 8.80. The van der Waals surface area contributed by atoms with Gasteiger partial charge in [-0.25, -0.2) is 0 Å². The number of likely N-dealkylation sites (tertiary alicyclic amines) is 1. The number of rotatable bonds is 24. The summed E-state index contributed by atoms with van der Waals surface area (Å²) in [5.74, 6) is -0.891. The molecule has 3 rings (SSSR count). The van der Waals surface area contributed by atoms with E-state index in [1.54, 1.807) is 33.2 Å². The lowest BCUT2D eigenvalue weighted by Gasteiger charge is -2.41. The summed E-state index contributed by atoms with van der Waals surface area (Å²) in [4.78, 5) is 59.7. The molecule has 1 heterocycles. The molecule has 1 N–H and O–H groups in total. The summed E-state index contributed by atoms with van der Waals surface area (Å²) in [6, 6.07) is 19.4. The van der Waals surface area contributed by atoms with Gasteiger partial charge in [0.25, 0.3) is 0 Å². The van der Waals surface area contributed by atoms with Crippen molar-refractivity contribution in [1.29, 1.82) is 0 Å². The standard InChI is InChI=1S/C48H73N3O6/c1-12-34(6)46(50(9)48(55)39(32(2)3)30-42(53)45(49-8)33(4)5)43(56-10)31-44(54)51-27-19-24-40(51)47(57-11)35(7)41(52)29-38(28-37-22-17-14-18-23-37)26-25-36-20-15-13-16-21-36/h13-18,20-23,25-26,32-35,38-40,43,45-47,49H,12,19,24,27-31H2,1-11H3/b26-25-/t34-,35-,38+,39-,40-,43+,45-,46-,47+/m0/s1. The number of Topliss-reactive ketones (excluding diaryl/α,β-unsaturated/α-hetero) is 2. The number of nitrogens with one attached hydrogen (secondary N) is 1. The number of ketones is 2. The highest BCUT2D eigenvalue weighted by Gasteiger charge is 2.43. The predicted molar refractivity (Wildman–Crippen MR) is 230 cm³/mol. The number of carbonyl (C=O) groups is 4. The van der Waals surface area contributed by atoms with E-state index in [2.05, 4.69) is 55.6 Å². The van der Waals surface area contributed by atoms with Crippen LogP contribution in [0, 0.1) is 35.5 Å². The van der Waals surface area contributed by atoms with Gasteiger partial charge < -0.3 is 24.6 Å². The van der Waals surface area contributed by atoms with Crippen molar-refractivity contribution < 1.29 is 28.7 Å². The first-order chi connectivity index (χ1) is 27.2. The van der Waals surface area contributed by atoms with Gasteiger partial charge in [0.1, 0.15) is 5.78 Å². The SMILES string of the molecule is CC[C@H](C)[C@@H]([C@@H](CC(=O)N1CCC[C@H]1[C@H](OC)[C@@H](C)C(=O)C[C@H](/C=C\c1ccccc1)Cc1ccccc1)OC)N(C)C(=O)[C@@H](CC(=O)[C@@H](NC)C(C)C)C(C)C. The molecule has 1 aliphatic rings. The topological polar surface area (TPSA) is 105 Å². The zero-order chi connectivity index (χ0) is 42.2. The largest absolute Gasteiger partial charge is 0.379 e. The summed E-state index contributed by atoms with van der Waals surface area (Å²) < 4.78 is 12.2. The van der Waals surface area contributed by atoms with E-state index in [-0.39, 0.29) is 78.0 Å². The van der Waals surface area contributed by atoms with Gasteiger partial charge >= 0.3 is 0 Å². The summed E-state index contributed by atoms with van der Waals surface area (Å²) in [6.07, 6.45) is 6.87. The summed E-state index contributed by atoms with van der Waals surface area (Å²) >= 11 is 0. The Morgan fingerprint density at radius 2 is 1.49 bits per heavy atom. The third-order valence-electron chi connectivity index (χ3n) is 12.4. The zero-order valence-corrected chi connectivity index (χ0v) is 36.8.